The summed E-state index contributed by atoms with van der Waals surface area (Å²) in [7, 11) is 4.47. The second-order valence-corrected chi connectivity index (χ2v) is 8.75. The number of rotatable bonds is 9. The van der Waals surface area contributed by atoms with E-state index in [0.717, 1.165) is 10.4 Å². The van der Waals surface area contributed by atoms with E-state index in [9.17, 15) is 9.59 Å². The molecule has 0 unspecified atom stereocenters. The Labute approximate surface area is 194 Å². The van der Waals surface area contributed by atoms with Gasteiger partial charge in [-0.2, -0.15) is 0 Å². The van der Waals surface area contributed by atoms with Crippen molar-refractivity contribution >= 4 is 40.0 Å². The standard InChI is InChI=1S/C21H24N4O5S2/c1-6-25-18(13-7-8-15(28-3)16(10-13)29-4)23-24-21(25)31-11-17(26)22-19-14(20(27)30-5)9-12(2)32-19/h7-10H,6,11H2,1-5H3,(H,22,26). The zero-order valence-electron chi connectivity index (χ0n) is 18.4. The van der Waals surface area contributed by atoms with E-state index in [4.69, 9.17) is 14.2 Å². The number of thiophene rings is 1. The SMILES string of the molecule is CCn1c(SCC(=O)Nc2sc(C)cc2C(=O)OC)nnc1-c1ccc(OC)c(OC)c1. The normalized spacial score (nSPS) is 10.7. The molecule has 0 bridgehead atoms. The van der Waals surface area contributed by atoms with Gasteiger partial charge in [0.05, 0.1) is 32.6 Å². The van der Waals surface area contributed by atoms with Crippen molar-refractivity contribution < 1.29 is 23.8 Å². The van der Waals surface area contributed by atoms with Crippen LogP contribution in [-0.4, -0.2) is 53.7 Å². The Kier molecular flexibility index (Phi) is 7.75. The third-order valence-corrected chi connectivity index (χ3v) is 6.45. The molecule has 0 radical (unpaired) electrons. The molecule has 0 saturated carbocycles. The number of methoxy groups -OCH3 is 3. The highest BCUT2D eigenvalue weighted by atomic mass is 32.2. The lowest BCUT2D eigenvalue weighted by Gasteiger charge is -2.11. The number of aryl methyl sites for hydroxylation is 1. The number of nitrogens with zero attached hydrogens (tertiary/aromatic N) is 3. The van der Waals surface area contributed by atoms with Crippen LogP contribution in [0.1, 0.15) is 22.2 Å². The van der Waals surface area contributed by atoms with Crippen LogP contribution in [0.3, 0.4) is 0 Å². The first-order chi connectivity index (χ1) is 15.4. The Hall–Kier alpha value is -3.05. The fraction of sp³-hybridized carbons (Fsp3) is 0.333. The molecule has 3 aromatic rings. The van der Waals surface area contributed by atoms with Gasteiger partial charge in [-0.15, -0.1) is 21.5 Å². The van der Waals surface area contributed by atoms with Gasteiger partial charge in [0.25, 0.3) is 0 Å². The lowest BCUT2D eigenvalue weighted by Crippen LogP contribution is -2.16. The summed E-state index contributed by atoms with van der Waals surface area (Å²) >= 11 is 2.59. The Bertz CT molecular complexity index is 1130. The van der Waals surface area contributed by atoms with Gasteiger partial charge in [0, 0.05) is 17.0 Å². The highest BCUT2D eigenvalue weighted by Gasteiger charge is 2.19. The number of hydrogen-bond donors (Lipinski definition) is 1. The van der Waals surface area contributed by atoms with Crippen LogP contribution in [0.2, 0.25) is 0 Å². The van der Waals surface area contributed by atoms with E-state index in [1.165, 1.54) is 30.2 Å². The minimum atomic E-state index is -0.484. The molecule has 9 nitrogen and oxygen atoms in total. The molecule has 2 aromatic heterocycles. The van der Waals surface area contributed by atoms with Gasteiger partial charge in [0.2, 0.25) is 5.91 Å². The lowest BCUT2D eigenvalue weighted by atomic mass is 10.2. The highest BCUT2D eigenvalue weighted by molar-refractivity contribution is 7.99. The molecule has 1 N–H and O–H groups in total. The first kappa shape index (κ1) is 23.6. The summed E-state index contributed by atoms with van der Waals surface area (Å²) in [6.45, 7) is 4.47. The predicted molar refractivity (Wildman–Crippen MR) is 124 cm³/mol. The van der Waals surface area contributed by atoms with Crippen molar-refractivity contribution in [2.45, 2.75) is 25.5 Å². The quantitative estimate of drug-likeness (QED) is 0.367. The number of amides is 1. The van der Waals surface area contributed by atoms with Gasteiger partial charge in [-0.3, -0.25) is 4.79 Å². The summed E-state index contributed by atoms with van der Waals surface area (Å²) in [4.78, 5) is 25.3. The van der Waals surface area contributed by atoms with Crippen LogP contribution in [0.15, 0.2) is 29.4 Å². The summed E-state index contributed by atoms with van der Waals surface area (Å²) in [5.74, 6) is 1.26. The number of hydrogen-bond acceptors (Lipinski definition) is 9. The number of esters is 1. The van der Waals surface area contributed by atoms with E-state index >= 15 is 0 Å². The molecule has 2 heterocycles. The first-order valence-corrected chi connectivity index (χ1v) is 11.5. The molecule has 1 aromatic carbocycles. The maximum atomic E-state index is 12.5. The Morgan fingerprint density at radius 3 is 2.53 bits per heavy atom. The van der Waals surface area contributed by atoms with Crippen LogP contribution in [0.25, 0.3) is 11.4 Å². The van der Waals surface area contributed by atoms with Crippen molar-refractivity contribution in [3.05, 3.63) is 34.7 Å². The van der Waals surface area contributed by atoms with Crippen molar-refractivity contribution in [2.75, 3.05) is 32.4 Å². The van der Waals surface area contributed by atoms with Gasteiger partial charge in [-0.05, 0) is 38.1 Å². The van der Waals surface area contributed by atoms with Crippen LogP contribution >= 0.6 is 23.1 Å². The minimum absolute atomic E-state index is 0.113. The molecule has 32 heavy (non-hydrogen) atoms. The van der Waals surface area contributed by atoms with Gasteiger partial charge in [0.1, 0.15) is 5.00 Å². The molecule has 0 saturated heterocycles. The van der Waals surface area contributed by atoms with Crippen molar-refractivity contribution in [3.8, 4) is 22.9 Å². The summed E-state index contributed by atoms with van der Waals surface area (Å²) in [6.07, 6.45) is 0. The average Bonchev–Trinajstić information content (AvgIpc) is 3.39. The Morgan fingerprint density at radius 2 is 1.88 bits per heavy atom. The van der Waals surface area contributed by atoms with E-state index in [1.807, 2.05) is 36.6 Å². The summed E-state index contributed by atoms with van der Waals surface area (Å²) in [5, 5.41) is 12.4. The first-order valence-electron chi connectivity index (χ1n) is 9.68. The lowest BCUT2D eigenvalue weighted by molar-refractivity contribution is -0.113. The largest absolute Gasteiger partial charge is 0.493 e. The molecule has 0 aliphatic carbocycles. The number of benzene rings is 1. The number of thioether (sulfide) groups is 1. The molecule has 1 amide bonds. The molecule has 0 atom stereocenters. The van der Waals surface area contributed by atoms with Gasteiger partial charge in [-0.1, -0.05) is 11.8 Å². The monoisotopic (exact) mass is 476 g/mol. The molecule has 0 aliphatic heterocycles. The van der Waals surface area contributed by atoms with E-state index in [1.54, 1.807) is 20.3 Å². The number of nitrogens with one attached hydrogen (secondary N) is 1. The van der Waals surface area contributed by atoms with Gasteiger partial charge in [0.15, 0.2) is 22.5 Å². The van der Waals surface area contributed by atoms with Crippen LogP contribution in [0, 0.1) is 6.92 Å². The number of aromatic nitrogens is 3. The van der Waals surface area contributed by atoms with Crippen molar-refractivity contribution in [1.29, 1.82) is 0 Å². The third-order valence-electron chi connectivity index (χ3n) is 4.52. The molecule has 3 rings (SSSR count). The molecule has 0 spiro atoms. The number of anilines is 1. The van der Waals surface area contributed by atoms with Gasteiger partial charge in [-0.25, -0.2) is 4.79 Å². The van der Waals surface area contributed by atoms with E-state index in [-0.39, 0.29) is 11.7 Å². The second-order valence-electron chi connectivity index (χ2n) is 6.55. The van der Waals surface area contributed by atoms with E-state index in [2.05, 4.69) is 15.5 Å². The van der Waals surface area contributed by atoms with Crippen LogP contribution in [0.5, 0.6) is 11.5 Å². The second kappa shape index (κ2) is 10.5. The molecular weight excluding hydrogens is 452 g/mol. The molecule has 170 valence electrons. The van der Waals surface area contributed by atoms with Crippen LogP contribution in [-0.2, 0) is 16.1 Å². The van der Waals surface area contributed by atoms with Crippen molar-refractivity contribution in [1.82, 2.24) is 14.8 Å². The Balaban J connectivity index is 1.74. The third kappa shape index (κ3) is 5.05. The molecule has 0 aliphatic rings. The maximum absolute atomic E-state index is 12.5. The molecular formula is C21H24N4O5S2. The topological polar surface area (TPSA) is 105 Å². The molecule has 0 fully saturated rings. The fourth-order valence-corrected chi connectivity index (χ4v) is 4.75. The zero-order chi connectivity index (χ0) is 23.3. The van der Waals surface area contributed by atoms with Crippen LogP contribution < -0.4 is 14.8 Å². The summed E-state index contributed by atoms with van der Waals surface area (Å²) in [5.41, 5.74) is 1.17. The number of ether oxygens (including phenoxy) is 3. The van der Waals surface area contributed by atoms with Gasteiger partial charge < -0.3 is 24.1 Å². The smallest absolute Gasteiger partial charge is 0.340 e. The zero-order valence-corrected chi connectivity index (χ0v) is 20.1. The Morgan fingerprint density at radius 1 is 1.12 bits per heavy atom. The van der Waals surface area contributed by atoms with E-state index < -0.39 is 5.97 Å². The van der Waals surface area contributed by atoms with Crippen molar-refractivity contribution in [3.63, 3.8) is 0 Å². The fourth-order valence-electron chi connectivity index (χ4n) is 3.03. The highest BCUT2D eigenvalue weighted by Crippen LogP contribution is 2.33. The van der Waals surface area contributed by atoms with Crippen molar-refractivity contribution in [2.24, 2.45) is 0 Å². The van der Waals surface area contributed by atoms with Crippen LogP contribution in [0.4, 0.5) is 5.00 Å². The minimum Gasteiger partial charge on any atom is -0.493 e. The molecule has 11 heteroatoms. The summed E-state index contributed by atoms with van der Waals surface area (Å²) in [6, 6.07) is 7.23. The summed E-state index contributed by atoms with van der Waals surface area (Å²) < 4.78 is 17.4. The van der Waals surface area contributed by atoms with Gasteiger partial charge >= 0.3 is 5.97 Å². The number of carbonyl (C=O) groups excluding carboxylic acids is 2. The number of carbonyl (C=O) groups is 2. The van der Waals surface area contributed by atoms with E-state index in [0.29, 0.717) is 39.6 Å². The predicted octanol–water partition coefficient (Wildman–Crippen LogP) is 3.87. The average molecular weight is 477 g/mol. The maximum Gasteiger partial charge on any atom is 0.340 e.